The molecule has 4 nitrogen and oxygen atoms in total. The Labute approximate surface area is 354 Å². The van der Waals surface area contributed by atoms with Gasteiger partial charge < -0.3 is 10.6 Å². The van der Waals surface area contributed by atoms with E-state index in [1.54, 1.807) is 33.4 Å². The normalized spacial score (nSPS) is 36.0. The minimum absolute atomic E-state index is 0.0677. The van der Waals surface area contributed by atoms with Crippen molar-refractivity contribution in [2.45, 2.75) is 141 Å². The highest BCUT2D eigenvalue weighted by Gasteiger charge is 2.50. The molecule has 0 bridgehead atoms. The number of benzene rings is 1. The second-order valence-corrected chi connectivity index (χ2v) is 20.4. The first-order valence-corrected chi connectivity index (χ1v) is 24.0. The maximum absolute atomic E-state index is 5.47. The number of piperidine rings is 1. The maximum Gasteiger partial charge on any atom is 0.144 e. The zero-order valence-electron chi connectivity index (χ0n) is 35.8. The van der Waals surface area contributed by atoms with Gasteiger partial charge in [-0.25, -0.2) is 9.98 Å². The first-order chi connectivity index (χ1) is 29.0. The van der Waals surface area contributed by atoms with E-state index in [1.807, 2.05) is 0 Å². The molecule has 1 fully saturated rings. The van der Waals surface area contributed by atoms with Crippen LogP contribution in [0.1, 0.15) is 140 Å². The monoisotopic (exact) mass is 783 g/mol. The topological polar surface area (TPSA) is 48.8 Å². The van der Waals surface area contributed by atoms with Gasteiger partial charge in [0.2, 0.25) is 0 Å². The quantitative estimate of drug-likeness (QED) is 0.282. The van der Waals surface area contributed by atoms with E-state index in [2.05, 4.69) is 116 Å². The Morgan fingerprint density at radius 1 is 0.729 bits per heavy atom. The van der Waals surface area contributed by atoms with Gasteiger partial charge in [0.25, 0.3) is 0 Å². The molecule has 11 rings (SSSR count). The molecule has 1 aromatic carbocycles. The first kappa shape index (κ1) is 37.9. The van der Waals surface area contributed by atoms with Gasteiger partial charge >= 0.3 is 0 Å². The maximum atomic E-state index is 5.47. The summed E-state index contributed by atoms with van der Waals surface area (Å²) in [4.78, 5) is 10.9. The van der Waals surface area contributed by atoms with Crippen LogP contribution in [0.25, 0.3) is 0 Å². The zero-order chi connectivity index (χ0) is 39.5. The minimum atomic E-state index is -0.0677. The molecule has 0 saturated carbocycles. The summed E-state index contributed by atoms with van der Waals surface area (Å²) in [6.45, 7) is 5.13. The highest BCUT2D eigenvalue weighted by molar-refractivity contribution is 6.08. The molecule has 9 atom stereocenters. The van der Waals surface area contributed by atoms with Crippen LogP contribution in [0.5, 0.6) is 0 Å². The van der Waals surface area contributed by atoms with Crippen molar-refractivity contribution in [1.82, 2.24) is 10.6 Å². The third-order valence-corrected chi connectivity index (χ3v) is 16.8. The van der Waals surface area contributed by atoms with Gasteiger partial charge in [-0.3, -0.25) is 0 Å². The van der Waals surface area contributed by atoms with Crippen LogP contribution in [-0.4, -0.2) is 23.9 Å². The first-order valence-electron chi connectivity index (χ1n) is 24.0. The van der Waals surface area contributed by atoms with Gasteiger partial charge in [-0.1, -0.05) is 116 Å². The van der Waals surface area contributed by atoms with Gasteiger partial charge in [0.1, 0.15) is 17.8 Å². The molecular formula is C55H66N4. The smallest absolute Gasteiger partial charge is 0.144 e. The number of nitrogens with zero attached hydrogens (tertiary/aromatic N) is 2. The summed E-state index contributed by atoms with van der Waals surface area (Å²) in [5.41, 5.74) is 14.9. The summed E-state index contributed by atoms with van der Waals surface area (Å²) >= 11 is 0. The molecule has 59 heavy (non-hydrogen) atoms. The van der Waals surface area contributed by atoms with Gasteiger partial charge in [0.15, 0.2) is 0 Å². The van der Waals surface area contributed by atoms with E-state index in [0.717, 1.165) is 43.8 Å². The molecule has 1 aromatic rings. The Hall–Kier alpha value is -4.02. The van der Waals surface area contributed by atoms with Crippen LogP contribution < -0.4 is 10.6 Å². The standard InChI is InChI=1S/C55H66N4/c1-55(2)48-26-12-11-25-44(48)46-32-47-45(40-28-27-36-17-9-10-20-38(36)29-40)33-50(56-51(47)34-49(46)55)41-22-14-24-43(31-41)54-58-52(37-18-7-4-8-19-37)57-53(59-54)42-23-13-21-39(30-42)35-15-5-3-6-16-35/h3-7,13-15,18,21-22,24,27-28,31,35,39-40,42,45,47,50-52,56H,8-12,16-17,19-20,23,25-26,29-30,32-34H2,1-2H3,(H,57,58,59). The van der Waals surface area contributed by atoms with Gasteiger partial charge in [0, 0.05) is 29.0 Å². The summed E-state index contributed by atoms with van der Waals surface area (Å²) in [5.74, 6) is 5.46. The van der Waals surface area contributed by atoms with Crippen molar-refractivity contribution in [2.24, 2.45) is 50.9 Å². The second-order valence-electron chi connectivity index (χ2n) is 20.4. The minimum Gasteiger partial charge on any atom is -0.344 e. The van der Waals surface area contributed by atoms with Crippen molar-refractivity contribution in [3.63, 3.8) is 0 Å². The lowest BCUT2D eigenvalue weighted by Gasteiger charge is -2.50. The van der Waals surface area contributed by atoms with E-state index in [1.165, 1.54) is 93.7 Å². The molecule has 9 unspecified atom stereocenters. The van der Waals surface area contributed by atoms with Crippen LogP contribution in [0, 0.1) is 40.9 Å². The number of aliphatic imine (C=N–C) groups is 2. The average molecular weight is 783 g/mol. The predicted octanol–water partition coefficient (Wildman–Crippen LogP) is 12.8. The predicted molar refractivity (Wildman–Crippen MR) is 245 cm³/mol. The molecule has 1 saturated heterocycles. The highest BCUT2D eigenvalue weighted by Crippen LogP contribution is 2.60. The lowest BCUT2D eigenvalue weighted by atomic mass is 9.61. The molecule has 2 aliphatic heterocycles. The van der Waals surface area contributed by atoms with Crippen molar-refractivity contribution in [2.75, 3.05) is 0 Å². The van der Waals surface area contributed by atoms with Crippen LogP contribution in [0.15, 0.2) is 140 Å². The molecule has 0 aromatic heterocycles. The number of nitrogens with one attached hydrogen (secondary N) is 2. The highest BCUT2D eigenvalue weighted by atomic mass is 15.2. The average Bonchev–Trinajstić information content (AvgIpc) is 3.53. The van der Waals surface area contributed by atoms with Crippen molar-refractivity contribution < 1.29 is 0 Å². The largest absolute Gasteiger partial charge is 0.344 e. The lowest BCUT2D eigenvalue weighted by molar-refractivity contribution is 0.103. The molecule has 0 radical (unpaired) electrons. The SMILES string of the molecule is CC1(C)C2=C(CCCC2)C2=C1CC1NC(c3cccc(C4=NC(C5CC=CC(C6C=CC=CC6)C5)=NC(C5=CC=CCC5)N4)c3)CC(C3C=CC4=C(CCCC4)C3)C1C2. The van der Waals surface area contributed by atoms with E-state index in [4.69, 9.17) is 9.98 Å². The summed E-state index contributed by atoms with van der Waals surface area (Å²) in [6, 6.07) is 10.3. The molecule has 8 aliphatic carbocycles. The van der Waals surface area contributed by atoms with Crippen LogP contribution >= 0.6 is 0 Å². The van der Waals surface area contributed by atoms with E-state index < -0.39 is 0 Å². The van der Waals surface area contributed by atoms with Gasteiger partial charge in [-0.2, -0.15) is 0 Å². The van der Waals surface area contributed by atoms with E-state index in [9.17, 15) is 0 Å². The zero-order valence-corrected chi connectivity index (χ0v) is 35.8. The van der Waals surface area contributed by atoms with Crippen LogP contribution in [-0.2, 0) is 0 Å². The fourth-order valence-corrected chi connectivity index (χ4v) is 13.6. The Morgan fingerprint density at radius 2 is 1.64 bits per heavy atom. The fourth-order valence-electron chi connectivity index (χ4n) is 13.6. The third-order valence-electron chi connectivity index (χ3n) is 16.8. The van der Waals surface area contributed by atoms with Crippen molar-refractivity contribution >= 4 is 11.7 Å². The fraction of sp³-hybridized carbons (Fsp3) is 0.527. The summed E-state index contributed by atoms with van der Waals surface area (Å²) in [7, 11) is 0. The number of amidine groups is 2. The molecule has 2 heterocycles. The van der Waals surface area contributed by atoms with E-state index in [-0.39, 0.29) is 11.6 Å². The Bertz CT molecular complexity index is 2210. The molecule has 2 N–H and O–H groups in total. The third kappa shape index (κ3) is 7.13. The van der Waals surface area contributed by atoms with E-state index in [0.29, 0.717) is 47.6 Å². The molecule has 4 heteroatoms. The van der Waals surface area contributed by atoms with Crippen LogP contribution in [0.4, 0.5) is 0 Å². The number of rotatable bonds is 6. The number of hydrogen-bond acceptors (Lipinski definition) is 4. The van der Waals surface area contributed by atoms with Crippen LogP contribution in [0.3, 0.4) is 0 Å². The van der Waals surface area contributed by atoms with Crippen molar-refractivity contribution in [3.8, 4) is 0 Å². The van der Waals surface area contributed by atoms with Gasteiger partial charge in [0.05, 0.1) is 0 Å². The van der Waals surface area contributed by atoms with Gasteiger partial charge in [-0.15, -0.1) is 0 Å². The summed E-state index contributed by atoms with van der Waals surface area (Å²) in [5, 5.41) is 8.29. The summed E-state index contributed by atoms with van der Waals surface area (Å²) in [6.07, 6.45) is 47.1. The van der Waals surface area contributed by atoms with E-state index >= 15 is 0 Å². The molecule has 10 aliphatic rings. The van der Waals surface area contributed by atoms with Crippen molar-refractivity contribution in [1.29, 1.82) is 0 Å². The summed E-state index contributed by atoms with van der Waals surface area (Å²) < 4.78 is 0. The molecule has 0 amide bonds. The lowest BCUT2D eigenvalue weighted by Crippen LogP contribution is -2.51. The second kappa shape index (κ2) is 15.8. The molecule has 306 valence electrons. The number of allylic oxidation sites excluding steroid dienone is 16. The van der Waals surface area contributed by atoms with Crippen molar-refractivity contribution in [3.05, 3.63) is 141 Å². The Balaban J connectivity index is 0.908. The Kier molecular flexibility index (Phi) is 10.1. The molecule has 0 spiro atoms. The van der Waals surface area contributed by atoms with Gasteiger partial charge in [-0.05, 0) is 173 Å². The number of hydrogen-bond donors (Lipinski definition) is 2. The van der Waals surface area contributed by atoms with Crippen LogP contribution in [0.2, 0.25) is 0 Å². The Morgan fingerprint density at radius 3 is 2.54 bits per heavy atom. The number of fused-ring (bicyclic) bond motifs is 2. The molecular weight excluding hydrogens is 717 g/mol.